The van der Waals surface area contributed by atoms with Gasteiger partial charge in [0.1, 0.15) is 0 Å². The lowest BCUT2D eigenvalue weighted by Crippen LogP contribution is -2.03. The second-order valence-electron chi connectivity index (χ2n) is 13.0. The van der Waals surface area contributed by atoms with Crippen LogP contribution in [0, 0.1) is 0 Å². The zero-order valence-corrected chi connectivity index (χ0v) is 28.4. The number of nitrogens with zero attached hydrogens (tertiary/aromatic N) is 2. The minimum absolute atomic E-state index is 1.01. The number of aryl methyl sites for hydroxylation is 2. The van der Waals surface area contributed by atoms with Gasteiger partial charge in [-0.1, -0.05) is 135 Å². The van der Waals surface area contributed by atoms with Crippen LogP contribution in [-0.2, 0) is 12.8 Å². The Kier molecular flexibility index (Phi) is 16.7. The minimum Gasteiger partial charge on any atom is -0.493 e. The first kappa shape index (κ1) is 35.0. The van der Waals surface area contributed by atoms with Gasteiger partial charge in [-0.05, 0) is 86.8 Å². The number of unbranched alkanes of at least 4 members (excludes halogenated alkanes) is 13. The molecule has 0 unspecified atom stereocenters. The summed E-state index contributed by atoms with van der Waals surface area (Å²) in [5.74, 6) is 0. The SMILES string of the molecule is CCCCCCCCCCCc1cccc(C2=C(CCCC)C(CCCC)=C(c3ccc(CCCCCC)cc3)[N+]2=[N-])c1. The maximum Gasteiger partial charge on any atom is 0.211 e. The molecule has 0 saturated heterocycles. The zero-order valence-electron chi connectivity index (χ0n) is 28.4. The summed E-state index contributed by atoms with van der Waals surface area (Å²) in [4.78, 5) is 0. The van der Waals surface area contributed by atoms with Crippen LogP contribution in [0.1, 0.15) is 172 Å². The normalized spacial score (nSPS) is 13.5. The van der Waals surface area contributed by atoms with Gasteiger partial charge in [0.15, 0.2) is 0 Å². The van der Waals surface area contributed by atoms with Crippen LogP contribution in [-0.4, -0.2) is 4.70 Å². The molecule has 0 aromatic heterocycles. The summed E-state index contributed by atoms with van der Waals surface area (Å²) in [7, 11) is 0. The average molecular weight is 583 g/mol. The van der Waals surface area contributed by atoms with Gasteiger partial charge in [-0.15, -0.1) is 0 Å². The van der Waals surface area contributed by atoms with E-state index in [4.69, 9.17) is 0 Å². The number of benzene rings is 2. The van der Waals surface area contributed by atoms with Crippen molar-refractivity contribution < 1.29 is 4.70 Å². The summed E-state index contributed by atoms with van der Waals surface area (Å²) in [6.07, 6.45) is 26.3. The average Bonchev–Trinajstić information content (AvgIpc) is 3.31. The van der Waals surface area contributed by atoms with Crippen LogP contribution in [0.3, 0.4) is 0 Å². The highest BCUT2D eigenvalue weighted by molar-refractivity contribution is 5.82. The molecule has 236 valence electrons. The second-order valence-corrected chi connectivity index (χ2v) is 13.0. The third-order valence-corrected chi connectivity index (χ3v) is 9.24. The molecule has 0 aliphatic carbocycles. The summed E-state index contributed by atoms with van der Waals surface area (Å²) in [6.45, 7) is 9.10. The van der Waals surface area contributed by atoms with Crippen molar-refractivity contribution in [3.63, 3.8) is 0 Å². The molecule has 2 aromatic carbocycles. The van der Waals surface area contributed by atoms with Gasteiger partial charge >= 0.3 is 0 Å². The number of hydrogen-bond donors (Lipinski definition) is 0. The molecule has 0 bridgehead atoms. The standard InChI is InChI=1S/C41H62N2/c1-5-9-13-15-16-17-18-19-21-24-35-25-22-26-37(33-35)41-39(28-12-8-4)38(27-11-7-3)40(43(41)42)36-31-29-34(30-32-36)23-20-14-10-6-2/h22,25-26,29-33H,5-21,23-24,27-28H2,1-4H3. The molecule has 0 saturated carbocycles. The molecule has 0 N–H and O–H groups in total. The van der Waals surface area contributed by atoms with Crippen LogP contribution in [0.2, 0.25) is 0 Å². The Balaban J connectivity index is 1.77. The van der Waals surface area contributed by atoms with Gasteiger partial charge in [0.25, 0.3) is 0 Å². The second kappa shape index (κ2) is 20.5. The van der Waals surface area contributed by atoms with E-state index in [1.807, 2.05) is 0 Å². The molecule has 2 heteroatoms. The largest absolute Gasteiger partial charge is 0.493 e. The lowest BCUT2D eigenvalue weighted by atomic mass is 9.91. The first-order valence-corrected chi connectivity index (χ1v) is 18.3. The van der Waals surface area contributed by atoms with Crippen molar-refractivity contribution in [3.8, 4) is 0 Å². The molecule has 0 atom stereocenters. The Morgan fingerprint density at radius 3 is 1.47 bits per heavy atom. The fraction of sp³-hybridized carbons (Fsp3) is 0.610. The molecule has 1 heterocycles. The van der Waals surface area contributed by atoms with Gasteiger partial charge in [-0.3, -0.25) is 0 Å². The molecule has 0 spiro atoms. The van der Waals surface area contributed by atoms with Crippen LogP contribution in [0.5, 0.6) is 0 Å². The Morgan fingerprint density at radius 1 is 0.442 bits per heavy atom. The summed E-state index contributed by atoms with van der Waals surface area (Å²) in [5.41, 5.74) is 21.8. The summed E-state index contributed by atoms with van der Waals surface area (Å²) >= 11 is 0. The van der Waals surface area contributed by atoms with Crippen LogP contribution in [0.25, 0.3) is 16.9 Å². The molecule has 0 amide bonds. The minimum atomic E-state index is 1.01. The fourth-order valence-electron chi connectivity index (χ4n) is 6.59. The Bertz CT molecular complexity index is 1150. The maximum absolute atomic E-state index is 11.9. The van der Waals surface area contributed by atoms with Crippen LogP contribution < -0.4 is 0 Å². The van der Waals surface area contributed by atoms with Crippen molar-refractivity contribution in [2.45, 2.75) is 163 Å². The predicted molar refractivity (Wildman–Crippen MR) is 188 cm³/mol. The van der Waals surface area contributed by atoms with E-state index in [1.54, 1.807) is 4.70 Å². The smallest absolute Gasteiger partial charge is 0.211 e. The van der Waals surface area contributed by atoms with Gasteiger partial charge in [-0.2, -0.15) is 0 Å². The van der Waals surface area contributed by atoms with Gasteiger partial charge in [0.05, 0.1) is 0 Å². The molecule has 3 rings (SSSR count). The highest BCUT2D eigenvalue weighted by Crippen LogP contribution is 2.44. The predicted octanol–water partition coefficient (Wildman–Crippen LogP) is 13.4. The topological polar surface area (TPSA) is 25.3 Å². The maximum atomic E-state index is 11.9. The van der Waals surface area contributed by atoms with E-state index in [0.717, 1.165) is 68.3 Å². The van der Waals surface area contributed by atoms with E-state index in [2.05, 4.69) is 76.2 Å². The molecule has 43 heavy (non-hydrogen) atoms. The van der Waals surface area contributed by atoms with Crippen molar-refractivity contribution in [1.29, 1.82) is 0 Å². The lowest BCUT2D eigenvalue weighted by Gasteiger charge is -2.11. The highest BCUT2D eigenvalue weighted by Gasteiger charge is 2.35. The van der Waals surface area contributed by atoms with Gasteiger partial charge in [0.2, 0.25) is 11.4 Å². The molecule has 1 aliphatic rings. The molecular weight excluding hydrogens is 520 g/mol. The Hall–Kier alpha value is -2.48. The van der Waals surface area contributed by atoms with Gasteiger partial charge in [-0.25, -0.2) is 4.70 Å². The Morgan fingerprint density at radius 2 is 0.907 bits per heavy atom. The fourth-order valence-corrected chi connectivity index (χ4v) is 6.59. The number of allylic oxidation sites excluding steroid dienone is 2. The van der Waals surface area contributed by atoms with Gasteiger partial charge < -0.3 is 5.53 Å². The third-order valence-electron chi connectivity index (χ3n) is 9.24. The Labute approximate surface area is 265 Å². The van der Waals surface area contributed by atoms with E-state index < -0.39 is 0 Å². The third kappa shape index (κ3) is 11.2. The zero-order chi connectivity index (χ0) is 30.7. The van der Waals surface area contributed by atoms with Crippen LogP contribution >= 0.6 is 0 Å². The summed E-state index contributed by atoms with van der Waals surface area (Å²) < 4.78 is 1.56. The van der Waals surface area contributed by atoms with Crippen molar-refractivity contribution in [2.75, 3.05) is 0 Å². The van der Waals surface area contributed by atoms with Crippen LogP contribution in [0.4, 0.5) is 0 Å². The van der Waals surface area contributed by atoms with Crippen molar-refractivity contribution >= 4 is 11.4 Å². The number of hydrogen-bond acceptors (Lipinski definition) is 0. The summed E-state index contributed by atoms with van der Waals surface area (Å²) in [5, 5.41) is 0. The van der Waals surface area contributed by atoms with Gasteiger partial charge in [0, 0.05) is 22.3 Å². The van der Waals surface area contributed by atoms with Crippen LogP contribution in [0.15, 0.2) is 59.7 Å². The van der Waals surface area contributed by atoms with E-state index in [0.29, 0.717) is 0 Å². The first-order valence-electron chi connectivity index (χ1n) is 18.3. The summed E-state index contributed by atoms with van der Waals surface area (Å²) in [6, 6.07) is 18.1. The van der Waals surface area contributed by atoms with Crippen molar-refractivity contribution in [2.24, 2.45) is 0 Å². The quantitative estimate of drug-likeness (QED) is 0.0920. The molecule has 2 aromatic rings. The number of rotatable bonds is 23. The molecule has 0 fully saturated rings. The van der Waals surface area contributed by atoms with E-state index >= 15 is 0 Å². The van der Waals surface area contributed by atoms with E-state index in [9.17, 15) is 5.53 Å². The van der Waals surface area contributed by atoms with E-state index in [1.165, 1.54) is 111 Å². The van der Waals surface area contributed by atoms with Crippen molar-refractivity contribution in [1.82, 2.24) is 0 Å². The molecule has 2 nitrogen and oxygen atoms in total. The lowest BCUT2D eigenvalue weighted by molar-refractivity contribution is -0.345. The monoisotopic (exact) mass is 582 g/mol. The van der Waals surface area contributed by atoms with E-state index in [-0.39, 0.29) is 0 Å². The first-order chi connectivity index (χ1) is 21.1. The molecular formula is C41H62N2. The molecule has 0 radical (unpaired) electrons. The highest BCUT2D eigenvalue weighted by atomic mass is 15.2. The van der Waals surface area contributed by atoms with Crippen molar-refractivity contribution in [3.05, 3.63) is 87.5 Å². The molecule has 1 aliphatic heterocycles.